The van der Waals surface area contributed by atoms with Gasteiger partial charge in [0, 0.05) is 31.4 Å². The first-order valence-corrected chi connectivity index (χ1v) is 7.13. The van der Waals surface area contributed by atoms with Gasteiger partial charge in [-0.2, -0.15) is 0 Å². The summed E-state index contributed by atoms with van der Waals surface area (Å²) >= 11 is 0. The monoisotopic (exact) mass is 291 g/mol. The molecule has 2 amide bonds. The second-order valence-corrected chi connectivity index (χ2v) is 5.17. The van der Waals surface area contributed by atoms with Gasteiger partial charge in [0.25, 0.3) is 0 Å². The fourth-order valence-corrected chi connectivity index (χ4v) is 2.38. The molecule has 0 saturated carbocycles. The van der Waals surface area contributed by atoms with Crippen LogP contribution in [0, 0.1) is 0 Å². The molecule has 0 saturated heterocycles. The summed E-state index contributed by atoms with van der Waals surface area (Å²) in [6.07, 6.45) is 3.46. The molecule has 4 heteroatoms. The number of nitrogens with zero attached hydrogens (tertiary/aromatic N) is 2. The van der Waals surface area contributed by atoms with E-state index >= 15 is 0 Å². The molecule has 0 spiro atoms. The summed E-state index contributed by atoms with van der Waals surface area (Å²) in [4.78, 5) is 18.0. The maximum atomic E-state index is 12.4. The zero-order chi connectivity index (χ0) is 15.4. The van der Waals surface area contributed by atoms with Gasteiger partial charge in [-0.15, -0.1) is 0 Å². The highest BCUT2D eigenvalue weighted by Gasteiger charge is 2.10. The number of aromatic nitrogens is 1. The third-order valence-electron chi connectivity index (χ3n) is 3.55. The quantitative estimate of drug-likeness (QED) is 0.795. The maximum Gasteiger partial charge on any atom is 0.321 e. The van der Waals surface area contributed by atoms with Crippen LogP contribution in [0.3, 0.4) is 0 Å². The number of amides is 2. The van der Waals surface area contributed by atoms with E-state index < -0.39 is 0 Å². The van der Waals surface area contributed by atoms with E-state index in [1.54, 1.807) is 24.3 Å². The predicted molar refractivity (Wildman–Crippen MR) is 88.7 cm³/mol. The Bertz CT molecular complexity index is 781. The van der Waals surface area contributed by atoms with Crippen LogP contribution in [0.5, 0.6) is 0 Å². The van der Waals surface area contributed by atoms with Crippen molar-refractivity contribution in [1.29, 1.82) is 0 Å². The summed E-state index contributed by atoms with van der Waals surface area (Å²) < 4.78 is 0. The van der Waals surface area contributed by atoms with Crippen LogP contribution in [0.4, 0.5) is 10.5 Å². The zero-order valence-electron chi connectivity index (χ0n) is 12.4. The second kappa shape index (κ2) is 6.26. The number of fused-ring (bicyclic) bond motifs is 1. The Kier molecular flexibility index (Phi) is 4.01. The Morgan fingerprint density at radius 2 is 1.77 bits per heavy atom. The van der Waals surface area contributed by atoms with Crippen LogP contribution in [0.1, 0.15) is 5.56 Å². The molecule has 0 fully saturated rings. The first kappa shape index (κ1) is 14.1. The van der Waals surface area contributed by atoms with Gasteiger partial charge in [-0.05, 0) is 29.1 Å². The van der Waals surface area contributed by atoms with Crippen LogP contribution in [-0.2, 0) is 6.54 Å². The number of rotatable bonds is 3. The summed E-state index contributed by atoms with van der Waals surface area (Å²) in [5, 5.41) is 5.12. The lowest BCUT2D eigenvalue weighted by Crippen LogP contribution is -2.30. The summed E-state index contributed by atoms with van der Waals surface area (Å²) in [6.45, 7) is 0.541. The first-order chi connectivity index (χ1) is 10.7. The van der Waals surface area contributed by atoms with Crippen LogP contribution < -0.4 is 5.32 Å². The van der Waals surface area contributed by atoms with E-state index in [0.29, 0.717) is 6.54 Å². The fourth-order valence-electron chi connectivity index (χ4n) is 2.38. The molecule has 0 bridgehead atoms. The van der Waals surface area contributed by atoms with E-state index in [0.717, 1.165) is 22.0 Å². The molecule has 3 rings (SSSR count). The van der Waals surface area contributed by atoms with E-state index in [9.17, 15) is 4.79 Å². The van der Waals surface area contributed by atoms with Crippen LogP contribution in [0.2, 0.25) is 0 Å². The van der Waals surface area contributed by atoms with Crippen molar-refractivity contribution in [1.82, 2.24) is 9.88 Å². The summed E-state index contributed by atoms with van der Waals surface area (Å²) in [6, 6.07) is 17.6. The van der Waals surface area contributed by atoms with Gasteiger partial charge < -0.3 is 10.2 Å². The Balaban J connectivity index is 1.75. The summed E-state index contributed by atoms with van der Waals surface area (Å²) in [5.41, 5.74) is 1.87. The molecule has 0 aliphatic heterocycles. The number of carbonyl (C=O) groups is 1. The first-order valence-electron chi connectivity index (χ1n) is 7.13. The molecule has 0 aliphatic carbocycles. The van der Waals surface area contributed by atoms with Gasteiger partial charge in [-0.1, -0.05) is 36.4 Å². The predicted octanol–water partition coefficient (Wildman–Crippen LogP) is 3.90. The Morgan fingerprint density at radius 1 is 1.05 bits per heavy atom. The summed E-state index contributed by atoms with van der Waals surface area (Å²) in [5.74, 6) is 0. The average Bonchev–Trinajstić information content (AvgIpc) is 2.56. The number of carbonyl (C=O) groups excluding carboxylic acids is 1. The van der Waals surface area contributed by atoms with Crippen molar-refractivity contribution < 1.29 is 4.79 Å². The number of benzene rings is 2. The largest absolute Gasteiger partial charge is 0.323 e. The molecule has 22 heavy (non-hydrogen) atoms. The lowest BCUT2D eigenvalue weighted by molar-refractivity contribution is 0.220. The molecule has 1 heterocycles. The molecule has 2 aromatic carbocycles. The molecule has 0 unspecified atom stereocenters. The number of hydrogen-bond acceptors (Lipinski definition) is 2. The third-order valence-corrected chi connectivity index (χ3v) is 3.55. The van der Waals surface area contributed by atoms with E-state index in [4.69, 9.17) is 0 Å². The molecular formula is C18H17N3O. The van der Waals surface area contributed by atoms with Gasteiger partial charge in [0.15, 0.2) is 0 Å². The van der Waals surface area contributed by atoms with Gasteiger partial charge in [0.2, 0.25) is 0 Å². The smallest absolute Gasteiger partial charge is 0.321 e. The van der Waals surface area contributed by atoms with Gasteiger partial charge in [0.1, 0.15) is 0 Å². The van der Waals surface area contributed by atoms with E-state index in [-0.39, 0.29) is 6.03 Å². The van der Waals surface area contributed by atoms with E-state index in [1.165, 1.54) is 0 Å². The highest BCUT2D eigenvalue weighted by Crippen LogP contribution is 2.23. The van der Waals surface area contributed by atoms with Crippen molar-refractivity contribution >= 4 is 22.5 Å². The molecule has 3 aromatic rings. The summed E-state index contributed by atoms with van der Waals surface area (Å²) in [7, 11) is 1.78. The molecule has 4 nitrogen and oxygen atoms in total. The Morgan fingerprint density at radius 3 is 2.59 bits per heavy atom. The van der Waals surface area contributed by atoms with E-state index in [1.807, 2.05) is 54.6 Å². The number of hydrogen-bond donors (Lipinski definition) is 1. The van der Waals surface area contributed by atoms with Gasteiger partial charge >= 0.3 is 6.03 Å². The third kappa shape index (κ3) is 3.06. The average molecular weight is 291 g/mol. The zero-order valence-corrected chi connectivity index (χ0v) is 12.4. The molecule has 0 atom stereocenters. The van der Waals surface area contributed by atoms with Crippen LogP contribution in [0.15, 0.2) is 67.0 Å². The number of pyridine rings is 1. The number of anilines is 1. The second-order valence-electron chi connectivity index (χ2n) is 5.17. The maximum absolute atomic E-state index is 12.4. The molecule has 110 valence electrons. The molecule has 1 N–H and O–H groups in total. The lowest BCUT2D eigenvalue weighted by Gasteiger charge is -2.18. The SMILES string of the molecule is CN(Cc1ccncc1)C(=O)Nc1cccc2ccccc12. The minimum atomic E-state index is -0.131. The highest BCUT2D eigenvalue weighted by molar-refractivity contribution is 6.01. The van der Waals surface area contributed by atoms with Gasteiger partial charge in [-0.3, -0.25) is 4.98 Å². The van der Waals surface area contributed by atoms with Crippen molar-refractivity contribution in [3.8, 4) is 0 Å². The van der Waals surface area contributed by atoms with Crippen LogP contribution >= 0.6 is 0 Å². The van der Waals surface area contributed by atoms with Crippen LogP contribution in [0.25, 0.3) is 10.8 Å². The fraction of sp³-hybridized carbons (Fsp3) is 0.111. The van der Waals surface area contributed by atoms with Crippen molar-refractivity contribution in [2.45, 2.75) is 6.54 Å². The molecule has 1 aromatic heterocycles. The Labute approximate surface area is 129 Å². The van der Waals surface area contributed by atoms with E-state index in [2.05, 4.69) is 10.3 Å². The minimum Gasteiger partial charge on any atom is -0.323 e. The van der Waals surface area contributed by atoms with Crippen molar-refractivity contribution in [2.24, 2.45) is 0 Å². The number of urea groups is 1. The minimum absolute atomic E-state index is 0.131. The van der Waals surface area contributed by atoms with Crippen molar-refractivity contribution in [3.63, 3.8) is 0 Å². The van der Waals surface area contributed by atoms with Crippen molar-refractivity contribution in [2.75, 3.05) is 12.4 Å². The topological polar surface area (TPSA) is 45.2 Å². The molecular weight excluding hydrogens is 274 g/mol. The standard InChI is InChI=1S/C18H17N3O/c1-21(13-14-9-11-19-12-10-14)18(22)20-17-8-4-6-15-5-2-3-7-16(15)17/h2-12H,13H2,1H3,(H,20,22). The van der Waals surface area contributed by atoms with Crippen LogP contribution in [-0.4, -0.2) is 23.0 Å². The van der Waals surface area contributed by atoms with Gasteiger partial charge in [-0.25, -0.2) is 4.79 Å². The Hall–Kier alpha value is -2.88. The number of nitrogens with one attached hydrogen (secondary N) is 1. The normalized spacial score (nSPS) is 10.4. The van der Waals surface area contributed by atoms with Crippen molar-refractivity contribution in [3.05, 3.63) is 72.6 Å². The molecule has 0 aliphatic rings. The highest BCUT2D eigenvalue weighted by atomic mass is 16.2. The lowest BCUT2D eigenvalue weighted by atomic mass is 10.1. The molecule has 0 radical (unpaired) electrons. The van der Waals surface area contributed by atoms with Gasteiger partial charge in [0.05, 0.1) is 5.69 Å².